The number of nitrogens with zero attached hydrogens (tertiary/aromatic N) is 2. The van der Waals surface area contributed by atoms with E-state index in [1.54, 1.807) is 0 Å². The third-order valence-corrected chi connectivity index (χ3v) is 3.47. The summed E-state index contributed by atoms with van der Waals surface area (Å²) in [6.07, 6.45) is 7.64. The van der Waals surface area contributed by atoms with Crippen molar-refractivity contribution in [3.8, 4) is 0 Å². The lowest BCUT2D eigenvalue weighted by Gasteiger charge is -2.13. The second kappa shape index (κ2) is 7.62. The van der Waals surface area contributed by atoms with Crippen LogP contribution in [0.5, 0.6) is 0 Å². The van der Waals surface area contributed by atoms with Crippen LogP contribution in [0.4, 0.5) is 0 Å². The fourth-order valence-corrected chi connectivity index (χ4v) is 2.26. The summed E-state index contributed by atoms with van der Waals surface area (Å²) >= 11 is 0. The van der Waals surface area contributed by atoms with Crippen LogP contribution in [-0.2, 0) is 16.5 Å². The van der Waals surface area contributed by atoms with Crippen molar-refractivity contribution in [2.24, 2.45) is 7.05 Å². The zero-order valence-electron chi connectivity index (χ0n) is 12.0. The van der Waals surface area contributed by atoms with Gasteiger partial charge in [-0.25, -0.2) is 0 Å². The molecule has 1 saturated heterocycles. The molecule has 0 amide bonds. The van der Waals surface area contributed by atoms with Gasteiger partial charge in [-0.05, 0) is 32.7 Å². The van der Waals surface area contributed by atoms with Crippen molar-refractivity contribution in [3.05, 3.63) is 18.0 Å². The molecular weight excluding hydrogens is 242 g/mol. The van der Waals surface area contributed by atoms with Gasteiger partial charge in [-0.3, -0.25) is 4.68 Å². The molecule has 0 saturated carbocycles. The van der Waals surface area contributed by atoms with Crippen LogP contribution in [0.25, 0.3) is 0 Å². The van der Waals surface area contributed by atoms with E-state index >= 15 is 0 Å². The number of aromatic nitrogens is 2. The van der Waals surface area contributed by atoms with E-state index in [0.29, 0.717) is 12.1 Å². The third-order valence-electron chi connectivity index (χ3n) is 3.47. The molecule has 2 unspecified atom stereocenters. The smallest absolute Gasteiger partial charge is 0.0809 e. The van der Waals surface area contributed by atoms with Gasteiger partial charge < -0.3 is 14.8 Å². The molecule has 2 atom stereocenters. The molecule has 1 aromatic rings. The molecule has 2 heterocycles. The average Bonchev–Trinajstić information content (AvgIpc) is 3.04. The predicted molar refractivity (Wildman–Crippen MR) is 74.0 cm³/mol. The lowest BCUT2D eigenvalue weighted by Crippen LogP contribution is -2.21. The van der Waals surface area contributed by atoms with Crippen LogP contribution in [0.3, 0.4) is 0 Å². The first-order valence-corrected chi connectivity index (χ1v) is 7.17. The van der Waals surface area contributed by atoms with Crippen molar-refractivity contribution in [1.29, 1.82) is 0 Å². The lowest BCUT2D eigenvalue weighted by atomic mass is 10.2. The Hall–Kier alpha value is -0.910. The highest BCUT2D eigenvalue weighted by molar-refractivity contribution is 5.08. The summed E-state index contributed by atoms with van der Waals surface area (Å²) in [6, 6.07) is 0.340. The fourth-order valence-electron chi connectivity index (χ4n) is 2.26. The Labute approximate surface area is 115 Å². The van der Waals surface area contributed by atoms with Crippen molar-refractivity contribution >= 4 is 0 Å². The Morgan fingerprint density at radius 3 is 3.21 bits per heavy atom. The molecular formula is C14H25N3O2. The minimum Gasteiger partial charge on any atom is -0.379 e. The van der Waals surface area contributed by atoms with Gasteiger partial charge in [0.05, 0.1) is 18.9 Å². The average molecular weight is 267 g/mol. The molecule has 5 heteroatoms. The molecule has 1 aliphatic heterocycles. The van der Waals surface area contributed by atoms with Crippen LogP contribution in [0, 0.1) is 0 Å². The van der Waals surface area contributed by atoms with Gasteiger partial charge in [-0.2, -0.15) is 5.10 Å². The van der Waals surface area contributed by atoms with Crippen molar-refractivity contribution in [2.45, 2.75) is 38.3 Å². The quantitative estimate of drug-likeness (QED) is 0.728. The summed E-state index contributed by atoms with van der Waals surface area (Å²) in [5.74, 6) is 0. The van der Waals surface area contributed by atoms with Gasteiger partial charge in [-0.1, -0.05) is 0 Å². The summed E-state index contributed by atoms with van der Waals surface area (Å²) in [5.41, 5.74) is 1.22. The molecule has 0 aromatic carbocycles. The molecule has 108 valence electrons. The van der Waals surface area contributed by atoms with Gasteiger partial charge in [0.25, 0.3) is 0 Å². The van der Waals surface area contributed by atoms with E-state index in [0.717, 1.165) is 39.2 Å². The fraction of sp³-hybridized carbons (Fsp3) is 0.786. The summed E-state index contributed by atoms with van der Waals surface area (Å²) in [4.78, 5) is 0. The Kier molecular flexibility index (Phi) is 5.82. The molecule has 0 spiro atoms. The van der Waals surface area contributed by atoms with Crippen LogP contribution in [-0.4, -0.2) is 42.2 Å². The normalized spacial score (nSPS) is 20.8. The van der Waals surface area contributed by atoms with Gasteiger partial charge in [0.1, 0.15) is 0 Å². The second-order valence-electron chi connectivity index (χ2n) is 5.19. The maximum Gasteiger partial charge on any atom is 0.0809 e. The molecule has 0 aliphatic carbocycles. The lowest BCUT2D eigenvalue weighted by molar-refractivity contribution is 0.0165. The second-order valence-corrected chi connectivity index (χ2v) is 5.19. The van der Waals surface area contributed by atoms with Gasteiger partial charge in [0.15, 0.2) is 0 Å². The zero-order valence-corrected chi connectivity index (χ0v) is 12.0. The highest BCUT2D eigenvalue weighted by Crippen LogP contribution is 2.12. The highest BCUT2D eigenvalue weighted by atomic mass is 16.5. The van der Waals surface area contributed by atoms with E-state index in [4.69, 9.17) is 9.47 Å². The summed E-state index contributed by atoms with van der Waals surface area (Å²) in [7, 11) is 1.94. The molecule has 19 heavy (non-hydrogen) atoms. The van der Waals surface area contributed by atoms with Crippen LogP contribution in [0.2, 0.25) is 0 Å². The van der Waals surface area contributed by atoms with Crippen LogP contribution >= 0.6 is 0 Å². The van der Waals surface area contributed by atoms with Crippen molar-refractivity contribution in [1.82, 2.24) is 15.1 Å². The van der Waals surface area contributed by atoms with E-state index in [-0.39, 0.29) is 0 Å². The van der Waals surface area contributed by atoms with Gasteiger partial charge in [0, 0.05) is 38.1 Å². The SMILES string of the molecule is CC(NCCCOCC1CCCO1)c1cnn(C)c1. The van der Waals surface area contributed by atoms with Crippen LogP contribution in [0.1, 0.15) is 37.8 Å². The Bertz CT molecular complexity index is 361. The van der Waals surface area contributed by atoms with Crippen molar-refractivity contribution < 1.29 is 9.47 Å². The number of ether oxygens (including phenoxy) is 2. The Morgan fingerprint density at radius 1 is 1.63 bits per heavy atom. The van der Waals surface area contributed by atoms with E-state index in [1.165, 1.54) is 12.0 Å². The van der Waals surface area contributed by atoms with Crippen LogP contribution in [0.15, 0.2) is 12.4 Å². The number of rotatable bonds is 8. The number of hydrogen-bond donors (Lipinski definition) is 1. The van der Waals surface area contributed by atoms with E-state index < -0.39 is 0 Å². The number of nitrogens with one attached hydrogen (secondary N) is 1. The van der Waals surface area contributed by atoms with Crippen molar-refractivity contribution in [2.75, 3.05) is 26.4 Å². The zero-order chi connectivity index (χ0) is 13.5. The van der Waals surface area contributed by atoms with Gasteiger partial charge >= 0.3 is 0 Å². The monoisotopic (exact) mass is 267 g/mol. The standard InChI is InChI=1S/C14H25N3O2/c1-12(13-9-16-17(2)10-13)15-6-4-7-18-11-14-5-3-8-19-14/h9-10,12,14-15H,3-8,11H2,1-2H3. The molecule has 1 N–H and O–H groups in total. The maximum absolute atomic E-state index is 5.63. The number of hydrogen-bond acceptors (Lipinski definition) is 4. The molecule has 1 aromatic heterocycles. The highest BCUT2D eigenvalue weighted by Gasteiger charge is 2.14. The molecule has 5 nitrogen and oxygen atoms in total. The van der Waals surface area contributed by atoms with Crippen LogP contribution < -0.4 is 5.32 Å². The molecule has 2 rings (SSSR count). The maximum atomic E-state index is 5.63. The van der Waals surface area contributed by atoms with Gasteiger partial charge in [0.2, 0.25) is 0 Å². The molecule has 0 bridgehead atoms. The summed E-state index contributed by atoms with van der Waals surface area (Å²) in [6.45, 7) is 5.56. The number of aryl methyl sites for hydroxylation is 1. The van der Waals surface area contributed by atoms with Crippen molar-refractivity contribution in [3.63, 3.8) is 0 Å². The van der Waals surface area contributed by atoms with Gasteiger partial charge in [-0.15, -0.1) is 0 Å². The first-order chi connectivity index (χ1) is 9.25. The molecule has 1 aliphatic rings. The minimum atomic E-state index is 0.335. The van der Waals surface area contributed by atoms with E-state index in [1.807, 2.05) is 24.1 Å². The largest absolute Gasteiger partial charge is 0.379 e. The minimum absolute atomic E-state index is 0.335. The third kappa shape index (κ3) is 4.93. The topological polar surface area (TPSA) is 48.3 Å². The summed E-state index contributed by atoms with van der Waals surface area (Å²) in [5, 5.41) is 7.65. The first-order valence-electron chi connectivity index (χ1n) is 7.17. The van der Waals surface area contributed by atoms with E-state index in [2.05, 4.69) is 17.3 Å². The molecule has 0 radical (unpaired) electrons. The Balaban J connectivity index is 1.49. The van der Waals surface area contributed by atoms with E-state index in [9.17, 15) is 0 Å². The first kappa shape index (κ1) is 14.5. The summed E-state index contributed by atoms with van der Waals surface area (Å²) < 4.78 is 13.0. The molecule has 1 fully saturated rings. The predicted octanol–water partition coefficient (Wildman–Crippen LogP) is 1.66. The Morgan fingerprint density at radius 2 is 2.53 bits per heavy atom.